The average molecular weight is 266 g/mol. The molecule has 0 aromatic carbocycles. The van der Waals surface area contributed by atoms with Gasteiger partial charge in [-0.1, -0.05) is 0 Å². The highest BCUT2D eigenvalue weighted by molar-refractivity contribution is 5.85. The average Bonchev–Trinajstić information content (AvgIpc) is 2.34. The number of carbonyl (C=O) groups excluding carboxylic acids is 2. The largest absolute Gasteiger partial charge is 0.376 e. The molecule has 1 rings (SSSR count). The first-order valence-corrected chi connectivity index (χ1v) is 5.57. The van der Waals surface area contributed by atoms with Gasteiger partial charge < -0.3 is 21.1 Å². The minimum absolute atomic E-state index is 0. The number of hydrogen-bond acceptors (Lipinski definition) is 4. The van der Waals surface area contributed by atoms with Gasteiger partial charge in [-0.25, -0.2) is 0 Å². The van der Waals surface area contributed by atoms with E-state index in [1.807, 2.05) is 0 Å². The minimum atomic E-state index is -0.330. The second-order valence-corrected chi connectivity index (χ2v) is 3.77. The van der Waals surface area contributed by atoms with Gasteiger partial charge in [-0.3, -0.25) is 9.59 Å². The van der Waals surface area contributed by atoms with Crippen molar-refractivity contribution in [2.75, 3.05) is 26.2 Å². The van der Waals surface area contributed by atoms with Gasteiger partial charge in [0.05, 0.1) is 19.2 Å². The summed E-state index contributed by atoms with van der Waals surface area (Å²) >= 11 is 0. The molecule has 17 heavy (non-hydrogen) atoms. The Morgan fingerprint density at radius 3 is 2.59 bits per heavy atom. The van der Waals surface area contributed by atoms with Gasteiger partial charge in [-0.2, -0.15) is 0 Å². The summed E-state index contributed by atoms with van der Waals surface area (Å²) in [6.45, 7) is 1.16. The van der Waals surface area contributed by atoms with Gasteiger partial charge in [0, 0.05) is 13.2 Å². The highest BCUT2D eigenvalue weighted by Crippen LogP contribution is 2.11. The lowest BCUT2D eigenvalue weighted by Gasteiger charge is -2.22. The van der Waals surface area contributed by atoms with E-state index in [0.29, 0.717) is 6.54 Å². The van der Waals surface area contributed by atoms with Crippen molar-refractivity contribution in [3.63, 3.8) is 0 Å². The lowest BCUT2D eigenvalue weighted by atomic mass is 10.1. The van der Waals surface area contributed by atoms with Crippen molar-refractivity contribution in [2.45, 2.75) is 25.4 Å². The van der Waals surface area contributed by atoms with Crippen LogP contribution in [0.15, 0.2) is 0 Å². The number of rotatable bonds is 5. The Morgan fingerprint density at radius 2 is 2.00 bits per heavy atom. The van der Waals surface area contributed by atoms with Crippen LogP contribution in [-0.2, 0) is 14.3 Å². The van der Waals surface area contributed by atoms with Crippen molar-refractivity contribution < 1.29 is 14.3 Å². The molecule has 7 heteroatoms. The number of hydrogen-bond donors (Lipinski definition) is 3. The molecule has 0 aliphatic carbocycles. The number of ether oxygens (including phenoxy) is 1. The van der Waals surface area contributed by atoms with Crippen molar-refractivity contribution in [1.29, 1.82) is 0 Å². The standard InChI is InChI=1S/C10H19N3O3.ClH/c11-5-9(14)13-7-10(15)12-6-8-3-1-2-4-16-8;/h8H,1-7,11H2,(H,12,15)(H,13,14);1H. The molecule has 0 aromatic heterocycles. The Morgan fingerprint density at radius 1 is 1.24 bits per heavy atom. The van der Waals surface area contributed by atoms with Crippen LogP contribution in [0.2, 0.25) is 0 Å². The van der Waals surface area contributed by atoms with Gasteiger partial charge in [0.15, 0.2) is 0 Å². The van der Waals surface area contributed by atoms with E-state index in [9.17, 15) is 9.59 Å². The number of halogens is 1. The van der Waals surface area contributed by atoms with E-state index in [4.69, 9.17) is 10.5 Å². The number of nitrogens with two attached hydrogens (primary N) is 1. The molecule has 100 valence electrons. The summed E-state index contributed by atoms with van der Waals surface area (Å²) < 4.78 is 5.45. The third-order valence-corrected chi connectivity index (χ3v) is 2.43. The van der Waals surface area contributed by atoms with E-state index in [2.05, 4.69) is 10.6 Å². The third-order valence-electron chi connectivity index (χ3n) is 2.43. The van der Waals surface area contributed by atoms with Crippen molar-refractivity contribution in [2.24, 2.45) is 5.73 Å². The van der Waals surface area contributed by atoms with Crippen LogP contribution >= 0.6 is 12.4 Å². The monoisotopic (exact) mass is 265 g/mol. The molecule has 1 aliphatic rings. The van der Waals surface area contributed by atoms with Crippen LogP contribution in [0.25, 0.3) is 0 Å². The fourth-order valence-corrected chi connectivity index (χ4v) is 1.51. The van der Waals surface area contributed by atoms with Gasteiger partial charge >= 0.3 is 0 Å². The normalized spacial score (nSPS) is 19.0. The number of nitrogens with one attached hydrogen (secondary N) is 2. The first kappa shape index (κ1) is 16.1. The highest BCUT2D eigenvalue weighted by atomic mass is 35.5. The maximum absolute atomic E-state index is 11.3. The summed E-state index contributed by atoms with van der Waals surface area (Å²) in [7, 11) is 0. The zero-order valence-corrected chi connectivity index (χ0v) is 10.6. The van der Waals surface area contributed by atoms with Crippen LogP contribution in [0.1, 0.15) is 19.3 Å². The Hall–Kier alpha value is -0.850. The molecule has 6 nitrogen and oxygen atoms in total. The fourth-order valence-electron chi connectivity index (χ4n) is 1.51. The van der Waals surface area contributed by atoms with Crippen molar-refractivity contribution in [3.05, 3.63) is 0 Å². The van der Waals surface area contributed by atoms with E-state index in [1.54, 1.807) is 0 Å². The topological polar surface area (TPSA) is 93.5 Å². The van der Waals surface area contributed by atoms with Crippen LogP contribution in [0.4, 0.5) is 0 Å². The molecule has 1 saturated heterocycles. The van der Waals surface area contributed by atoms with Gasteiger partial charge in [0.25, 0.3) is 0 Å². The fraction of sp³-hybridized carbons (Fsp3) is 0.800. The molecule has 0 saturated carbocycles. The second-order valence-electron chi connectivity index (χ2n) is 3.77. The van der Waals surface area contributed by atoms with E-state index in [-0.39, 0.29) is 43.4 Å². The summed E-state index contributed by atoms with van der Waals surface area (Å²) in [6, 6.07) is 0. The first-order valence-electron chi connectivity index (χ1n) is 5.57. The molecule has 0 radical (unpaired) electrons. The van der Waals surface area contributed by atoms with Gasteiger partial charge in [-0.05, 0) is 19.3 Å². The predicted molar refractivity (Wildman–Crippen MR) is 65.9 cm³/mol. The van der Waals surface area contributed by atoms with Crippen LogP contribution in [0.3, 0.4) is 0 Å². The molecule has 1 aliphatic heterocycles. The molecule has 2 amide bonds. The van der Waals surface area contributed by atoms with E-state index < -0.39 is 0 Å². The van der Waals surface area contributed by atoms with Crippen LogP contribution in [0, 0.1) is 0 Å². The lowest BCUT2D eigenvalue weighted by molar-refractivity contribution is -0.125. The van der Waals surface area contributed by atoms with Crippen molar-refractivity contribution in [1.82, 2.24) is 10.6 Å². The maximum Gasteiger partial charge on any atom is 0.239 e. The van der Waals surface area contributed by atoms with Crippen molar-refractivity contribution >= 4 is 24.2 Å². The first-order chi connectivity index (χ1) is 7.72. The van der Waals surface area contributed by atoms with E-state index in [0.717, 1.165) is 25.9 Å². The molecule has 0 aromatic rings. The molecule has 1 unspecified atom stereocenters. The van der Waals surface area contributed by atoms with Crippen LogP contribution in [-0.4, -0.2) is 44.2 Å². The van der Waals surface area contributed by atoms with E-state index in [1.165, 1.54) is 0 Å². The van der Waals surface area contributed by atoms with Gasteiger partial charge in [0.2, 0.25) is 11.8 Å². The highest BCUT2D eigenvalue weighted by Gasteiger charge is 2.14. The molecule has 0 bridgehead atoms. The summed E-state index contributed by atoms with van der Waals surface area (Å²) in [4.78, 5) is 22.1. The van der Waals surface area contributed by atoms with Crippen LogP contribution < -0.4 is 16.4 Å². The molecule has 1 fully saturated rings. The molecular weight excluding hydrogens is 246 g/mol. The zero-order valence-electron chi connectivity index (χ0n) is 9.74. The Kier molecular flexibility index (Phi) is 8.75. The smallest absolute Gasteiger partial charge is 0.239 e. The summed E-state index contributed by atoms with van der Waals surface area (Å²) in [6.07, 6.45) is 3.33. The lowest BCUT2D eigenvalue weighted by Crippen LogP contribution is -2.42. The molecule has 1 heterocycles. The van der Waals surface area contributed by atoms with Crippen molar-refractivity contribution in [3.8, 4) is 0 Å². The zero-order chi connectivity index (χ0) is 11.8. The summed E-state index contributed by atoms with van der Waals surface area (Å²) in [5.41, 5.74) is 5.09. The molecule has 1 atom stereocenters. The Bertz CT molecular complexity index is 245. The Balaban J connectivity index is 0.00000256. The number of amides is 2. The molecular formula is C10H20ClN3O3. The van der Waals surface area contributed by atoms with Gasteiger partial charge in [0.1, 0.15) is 0 Å². The molecule has 4 N–H and O–H groups in total. The Labute approximate surface area is 107 Å². The van der Waals surface area contributed by atoms with Gasteiger partial charge in [-0.15, -0.1) is 12.4 Å². The predicted octanol–water partition coefficient (Wildman–Crippen LogP) is -0.832. The second kappa shape index (κ2) is 9.21. The minimum Gasteiger partial charge on any atom is -0.376 e. The molecule has 0 spiro atoms. The maximum atomic E-state index is 11.3. The third kappa shape index (κ3) is 7.14. The summed E-state index contributed by atoms with van der Waals surface area (Å²) in [5, 5.41) is 5.12. The summed E-state index contributed by atoms with van der Waals surface area (Å²) in [5.74, 6) is -0.542. The quantitative estimate of drug-likeness (QED) is 0.605. The van der Waals surface area contributed by atoms with Crippen LogP contribution in [0.5, 0.6) is 0 Å². The SMILES string of the molecule is Cl.NCC(=O)NCC(=O)NCC1CCCCO1. The van der Waals surface area contributed by atoms with E-state index >= 15 is 0 Å². The number of carbonyl (C=O) groups is 2.